The van der Waals surface area contributed by atoms with Crippen LogP contribution in [0, 0.1) is 18.3 Å². The van der Waals surface area contributed by atoms with E-state index in [0.29, 0.717) is 12.1 Å². The molecule has 0 saturated carbocycles. The molecule has 0 aliphatic heterocycles. The number of amides is 2. The van der Waals surface area contributed by atoms with Gasteiger partial charge in [-0.1, -0.05) is 29.8 Å². The van der Waals surface area contributed by atoms with E-state index in [1.165, 1.54) is 11.8 Å². The fourth-order valence-electron chi connectivity index (χ4n) is 2.07. The Balaban J connectivity index is 1.67. The zero-order chi connectivity index (χ0) is 18.1. The van der Waals surface area contributed by atoms with Crippen LogP contribution in [0.2, 0.25) is 0 Å². The first-order valence-electron chi connectivity index (χ1n) is 7.77. The fourth-order valence-corrected chi connectivity index (χ4v) is 2.72. The van der Waals surface area contributed by atoms with Crippen molar-refractivity contribution in [3.63, 3.8) is 0 Å². The predicted molar refractivity (Wildman–Crippen MR) is 100 cm³/mol. The average Bonchev–Trinajstić information content (AvgIpc) is 2.62. The first-order valence-corrected chi connectivity index (χ1v) is 8.92. The number of benzene rings is 2. The SMILES string of the molecule is Cc1ccc(NC(=O)CSCC(=O)NCc2cccc(C#N)c2)cc1. The number of nitrogens with one attached hydrogen (secondary N) is 2. The second kappa shape index (κ2) is 9.50. The Hall–Kier alpha value is -2.78. The van der Waals surface area contributed by atoms with Gasteiger partial charge in [-0.05, 0) is 36.8 Å². The van der Waals surface area contributed by atoms with Gasteiger partial charge in [-0.3, -0.25) is 9.59 Å². The van der Waals surface area contributed by atoms with Crippen molar-refractivity contribution >= 4 is 29.3 Å². The molecule has 0 unspecified atom stereocenters. The molecule has 2 rings (SSSR count). The van der Waals surface area contributed by atoms with Gasteiger partial charge in [0, 0.05) is 12.2 Å². The smallest absolute Gasteiger partial charge is 0.234 e. The lowest BCUT2D eigenvalue weighted by Gasteiger charge is -2.07. The molecule has 0 radical (unpaired) electrons. The minimum Gasteiger partial charge on any atom is -0.351 e. The zero-order valence-corrected chi connectivity index (χ0v) is 14.7. The molecule has 5 nitrogen and oxygen atoms in total. The third-order valence-electron chi connectivity index (χ3n) is 3.35. The van der Waals surface area contributed by atoms with E-state index >= 15 is 0 Å². The van der Waals surface area contributed by atoms with Crippen molar-refractivity contribution < 1.29 is 9.59 Å². The molecule has 2 amide bonds. The van der Waals surface area contributed by atoms with Gasteiger partial charge in [-0.25, -0.2) is 0 Å². The Morgan fingerprint density at radius 2 is 1.80 bits per heavy atom. The summed E-state index contributed by atoms with van der Waals surface area (Å²) in [4.78, 5) is 23.7. The number of nitrogens with zero attached hydrogens (tertiary/aromatic N) is 1. The summed E-state index contributed by atoms with van der Waals surface area (Å²) in [5.41, 5.74) is 3.31. The zero-order valence-electron chi connectivity index (χ0n) is 13.9. The summed E-state index contributed by atoms with van der Waals surface area (Å²) in [7, 11) is 0. The minimum atomic E-state index is -0.143. The van der Waals surface area contributed by atoms with E-state index in [0.717, 1.165) is 16.8 Å². The maximum atomic E-state index is 11.8. The van der Waals surface area contributed by atoms with Crippen LogP contribution in [-0.4, -0.2) is 23.3 Å². The van der Waals surface area contributed by atoms with E-state index in [1.54, 1.807) is 18.2 Å². The molecule has 0 saturated heterocycles. The number of rotatable bonds is 7. The molecule has 0 aliphatic carbocycles. The lowest BCUT2D eigenvalue weighted by Crippen LogP contribution is -2.25. The first-order chi connectivity index (χ1) is 12.1. The quantitative estimate of drug-likeness (QED) is 0.802. The van der Waals surface area contributed by atoms with Gasteiger partial charge in [0.05, 0.1) is 23.1 Å². The van der Waals surface area contributed by atoms with E-state index in [9.17, 15) is 9.59 Å². The van der Waals surface area contributed by atoms with Crippen LogP contribution in [0.1, 0.15) is 16.7 Å². The van der Waals surface area contributed by atoms with Crippen LogP contribution >= 0.6 is 11.8 Å². The maximum absolute atomic E-state index is 11.8. The number of hydrogen-bond acceptors (Lipinski definition) is 4. The lowest BCUT2D eigenvalue weighted by molar-refractivity contribution is -0.118. The molecule has 0 fully saturated rings. The van der Waals surface area contributed by atoms with Gasteiger partial charge in [0.1, 0.15) is 0 Å². The van der Waals surface area contributed by atoms with Crippen molar-refractivity contribution in [3.05, 3.63) is 65.2 Å². The molecular weight excluding hydrogens is 334 g/mol. The molecule has 0 bridgehead atoms. The molecule has 0 spiro atoms. The van der Waals surface area contributed by atoms with E-state index < -0.39 is 0 Å². The van der Waals surface area contributed by atoms with E-state index in [-0.39, 0.29) is 23.3 Å². The molecule has 2 aromatic carbocycles. The van der Waals surface area contributed by atoms with Gasteiger partial charge in [-0.15, -0.1) is 11.8 Å². The Morgan fingerprint density at radius 1 is 1.08 bits per heavy atom. The summed E-state index contributed by atoms with van der Waals surface area (Å²) in [6.07, 6.45) is 0. The van der Waals surface area contributed by atoms with Crippen LogP contribution < -0.4 is 10.6 Å². The summed E-state index contributed by atoms with van der Waals surface area (Å²) in [5.74, 6) is 0.142. The van der Waals surface area contributed by atoms with Crippen molar-refractivity contribution in [2.75, 3.05) is 16.8 Å². The van der Waals surface area contributed by atoms with Gasteiger partial charge in [0.15, 0.2) is 0 Å². The van der Waals surface area contributed by atoms with Crippen LogP contribution in [0.5, 0.6) is 0 Å². The van der Waals surface area contributed by atoms with Crippen molar-refractivity contribution in [2.45, 2.75) is 13.5 Å². The van der Waals surface area contributed by atoms with Crippen LogP contribution in [-0.2, 0) is 16.1 Å². The van der Waals surface area contributed by atoms with E-state index in [1.807, 2.05) is 37.3 Å². The number of nitriles is 1. The Kier molecular flexibility index (Phi) is 7.05. The van der Waals surface area contributed by atoms with Crippen molar-refractivity contribution in [3.8, 4) is 6.07 Å². The minimum absolute atomic E-state index is 0.136. The molecule has 0 aromatic heterocycles. The number of anilines is 1. The third kappa shape index (κ3) is 6.69. The molecule has 0 heterocycles. The lowest BCUT2D eigenvalue weighted by atomic mass is 10.1. The van der Waals surface area contributed by atoms with Gasteiger partial charge in [-0.2, -0.15) is 5.26 Å². The first kappa shape index (κ1) is 18.6. The highest BCUT2D eigenvalue weighted by molar-refractivity contribution is 8.00. The molecule has 2 aromatic rings. The molecular formula is C19H19N3O2S. The van der Waals surface area contributed by atoms with Crippen LogP contribution in [0.25, 0.3) is 0 Å². The second-order valence-electron chi connectivity index (χ2n) is 5.50. The highest BCUT2D eigenvalue weighted by Gasteiger charge is 2.06. The number of hydrogen-bond donors (Lipinski definition) is 2. The average molecular weight is 353 g/mol. The fraction of sp³-hybridized carbons (Fsp3) is 0.211. The summed E-state index contributed by atoms with van der Waals surface area (Å²) in [6, 6.07) is 16.7. The Labute approximate surface area is 151 Å². The molecule has 128 valence electrons. The van der Waals surface area contributed by atoms with Gasteiger partial charge >= 0.3 is 0 Å². The normalized spacial score (nSPS) is 9.92. The molecule has 0 atom stereocenters. The van der Waals surface area contributed by atoms with Gasteiger partial charge in [0.2, 0.25) is 11.8 Å². The Morgan fingerprint density at radius 3 is 2.52 bits per heavy atom. The summed E-state index contributed by atoms with van der Waals surface area (Å²) in [5, 5.41) is 14.4. The second-order valence-corrected chi connectivity index (χ2v) is 6.48. The highest BCUT2D eigenvalue weighted by Crippen LogP contribution is 2.10. The van der Waals surface area contributed by atoms with Crippen molar-refractivity contribution in [2.24, 2.45) is 0 Å². The number of aryl methyl sites for hydroxylation is 1. The Bertz CT molecular complexity index is 782. The highest BCUT2D eigenvalue weighted by atomic mass is 32.2. The van der Waals surface area contributed by atoms with E-state index in [2.05, 4.69) is 16.7 Å². The van der Waals surface area contributed by atoms with Crippen LogP contribution in [0.15, 0.2) is 48.5 Å². The standard InChI is InChI=1S/C19H19N3O2S/c1-14-5-7-17(8-6-14)22-19(24)13-25-12-18(23)21-11-16-4-2-3-15(9-16)10-20/h2-9H,11-13H2,1H3,(H,21,23)(H,22,24). The monoisotopic (exact) mass is 353 g/mol. The maximum Gasteiger partial charge on any atom is 0.234 e. The third-order valence-corrected chi connectivity index (χ3v) is 4.28. The number of thioether (sulfide) groups is 1. The molecule has 6 heteroatoms. The molecule has 25 heavy (non-hydrogen) atoms. The molecule has 2 N–H and O–H groups in total. The largest absolute Gasteiger partial charge is 0.351 e. The van der Waals surface area contributed by atoms with Crippen LogP contribution in [0.3, 0.4) is 0 Å². The van der Waals surface area contributed by atoms with E-state index in [4.69, 9.17) is 5.26 Å². The van der Waals surface area contributed by atoms with Crippen molar-refractivity contribution in [1.82, 2.24) is 5.32 Å². The number of carbonyl (C=O) groups is 2. The summed E-state index contributed by atoms with van der Waals surface area (Å²) in [6.45, 7) is 2.35. The van der Waals surface area contributed by atoms with Gasteiger partial charge < -0.3 is 10.6 Å². The van der Waals surface area contributed by atoms with Crippen LogP contribution in [0.4, 0.5) is 5.69 Å². The number of carbonyl (C=O) groups excluding carboxylic acids is 2. The summed E-state index contributed by atoms with van der Waals surface area (Å²) >= 11 is 1.26. The predicted octanol–water partition coefficient (Wildman–Crippen LogP) is 2.85. The van der Waals surface area contributed by atoms with Gasteiger partial charge in [0.25, 0.3) is 0 Å². The summed E-state index contributed by atoms with van der Waals surface area (Å²) < 4.78 is 0. The van der Waals surface area contributed by atoms with Crippen molar-refractivity contribution in [1.29, 1.82) is 5.26 Å². The topological polar surface area (TPSA) is 82.0 Å². The molecule has 0 aliphatic rings.